The number of allylic oxidation sites excluding steroid dienone is 1. The van der Waals surface area contributed by atoms with Crippen molar-refractivity contribution in [1.82, 2.24) is 4.90 Å². The largest absolute Gasteiger partial charge is 0.478 e. The van der Waals surface area contributed by atoms with Gasteiger partial charge in [0.15, 0.2) is 0 Å². The molecular weight excluding hydrogens is 865 g/mol. The maximum atomic E-state index is 13.5. The van der Waals surface area contributed by atoms with Gasteiger partial charge in [0.1, 0.15) is 16.8 Å². The molecule has 1 amide bonds. The van der Waals surface area contributed by atoms with E-state index in [-0.39, 0.29) is 35.6 Å². The van der Waals surface area contributed by atoms with Crippen LogP contribution in [-0.2, 0) is 39.6 Å². The Morgan fingerprint density at radius 2 is 1.62 bits per heavy atom. The molecule has 4 aromatic rings. The maximum absolute atomic E-state index is 13.5. The van der Waals surface area contributed by atoms with Crippen LogP contribution in [0.1, 0.15) is 108 Å². The normalized spacial score (nSPS) is 19.3. The van der Waals surface area contributed by atoms with E-state index in [0.29, 0.717) is 61.9 Å². The fraction of sp³-hybridized carbons (Fsp3) is 0.434. The molecule has 0 radical (unpaired) electrons. The van der Waals surface area contributed by atoms with E-state index in [1.807, 2.05) is 35.2 Å². The molecular formula is C53H61F2NO9S. The summed E-state index contributed by atoms with van der Waals surface area (Å²) in [5.41, 5.74) is 4.97. The van der Waals surface area contributed by atoms with Crippen LogP contribution in [0.25, 0.3) is 11.1 Å². The molecule has 0 bridgehead atoms. The lowest BCUT2D eigenvalue weighted by Crippen LogP contribution is -2.34. The summed E-state index contributed by atoms with van der Waals surface area (Å²) < 4.78 is 27.1. The first kappa shape index (κ1) is 51.5. The smallest absolute Gasteiger partial charge is 0.345 e. The lowest BCUT2D eigenvalue weighted by molar-refractivity contribution is -0.131. The Kier molecular flexibility index (Phi) is 19.4. The van der Waals surface area contributed by atoms with Crippen LogP contribution in [0.15, 0.2) is 97.1 Å². The van der Waals surface area contributed by atoms with Gasteiger partial charge in [-0.25, -0.2) is 18.4 Å². The van der Waals surface area contributed by atoms with Crippen LogP contribution in [-0.4, -0.2) is 85.0 Å². The zero-order chi connectivity index (χ0) is 47.8. The minimum absolute atomic E-state index is 0.00761. The molecule has 66 heavy (non-hydrogen) atoms. The number of carboxylic acid groups (broad SMARTS) is 2. The Balaban J connectivity index is 0.000000248. The van der Waals surface area contributed by atoms with Crippen LogP contribution in [0.4, 0.5) is 8.78 Å². The summed E-state index contributed by atoms with van der Waals surface area (Å²) in [5.74, 6) is 0.343. The van der Waals surface area contributed by atoms with E-state index < -0.39 is 42.1 Å². The first-order chi connectivity index (χ1) is 31.5. The summed E-state index contributed by atoms with van der Waals surface area (Å²) in [4.78, 5) is 49.3. The Labute approximate surface area is 390 Å². The topological polar surface area (TPSA) is 173 Å². The van der Waals surface area contributed by atoms with Gasteiger partial charge in [0, 0.05) is 61.2 Å². The van der Waals surface area contributed by atoms with Gasteiger partial charge in [0.25, 0.3) is 5.92 Å². The van der Waals surface area contributed by atoms with Crippen LogP contribution in [0.2, 0.25) is 0 Å². The number of amides is 1. The number of Topliss-reactive ketones (excluding diaryl/α,β-unsaturated/α-hetero) is 1. The first-order valence-corrected chi connectivity index (χ1v) is 23.5. The summed E-state index contributed by atoms with van der Waals surface area (Å²) >= 11 is 1.26. The molecule has 6 atom stereocenters. The first-order valence-electron chi connectivity index (χ1n) is 22.7. The van der Waals surface area contributed by atoms with Crippen molar-refractivity contribution < 1.29 is 53.5 Å². The average Bonchev–Trinajstić information content (AvgIpc) is 3.96. The van der Waals surface area contributed by atoms with Crippen molar-refractivity contribution >= 4 is 35.0 Å². The third-order valence-corrected chi connectivity index (χ3v) is 13.2. The number of carbonyl (C=O) groups is 4. The molecule has 6 rings (SSSR count). The fourth-order valence-electron chi connectivity index (χ4n) is 8.65. The van der Waals surface area contributed by atoms with Gasteiger partial charge in [-0.2, -0.15) is 0 Å². The monoisotopic (exact) mass is 925 g/mol. The number of hydrogen-bond donors (Lipinski definition) is 5. The molecule has 1 saturated heterocycles. The summed E-state index contributed by atoms with van der Waals surface area (Å²) in [7, 11) is 0. The highest BCUT2D eigenvalue weighted by atomic mass is 32.1. The number of likely N-dealkylation sites (tertiary alicyclic amines) is 1. The van der Waals surface area contributed by atoms with Crippen molar-refractivity contribution in [2.24, 2.45) is 11.8 Å². The zero-order valence-corrected chi connectivity index (χ0v) is 38.4. The fourth-order valence-corrected chi connectivity index (χ4v) is 9.54. The number of alkyl halides is 2. The third kappa shape index (κ3) is 16.1. The third-order valence-electron chi connectivity index (χ3n) is 12.1. The van der Waals surface area contributed by atoms with Gasteiger partial charge < -0.3 is 30.4 Å². The Bertz CT molecular complexity index is 2360. The average molecular weight is 926 g/mol. The Morgan fingerprint density at radius 3 is 2.32 bits per heavy atom. The van der Waals surface area contributed by atoms with E-state index in [0.717, 1.165) is 66.7 Å². The standard InChI is InChI=1S/C29H32O5.C24H29F2NO4S/c1-20-8-6-10-22(16-20)23-11-7-9-21(17-23)18-24(30)14-15-26-25(27(31)19-28(26)32)12-4-2-3-5-13-29(33)34;1-24(25,26)17-5-2-4-16(14-17)15-19(28)9-7-18-8-12-22(29)27(18)13-3-6-20-10-11-21(32-20)23(30)31/h5-11,13,16-17,24-26,28,30,32H,2-4,12,18-19H2,1H3,(H,33,34);2,4-5,10-11,14,18-19,28H,3,6-9,12-13,15H2,1H3,(H,30,31)/b13-5+;/t24-,25-,26-,28-;18-,19-/m10/s1. The van der Waals surface area contributed by atoms with Crippen molar-refractivity contribution in [3.8, 4) is 23.0 Å². The molecule has 1 saturated carbocycles. The van der Waals surface area contributed by atoms with E-state index in [9.17, 15) is 43.3 Å². The van der Waals surface area contributed by atoms with Crippen LogP contribution >= 0.6 is 11.3 Å². The molecule has 13 heteroatoms. The number of rotatable bonds is 20. The Morgan fingerprint density at radius 1 is 0.909 bits per heavy atom. The number of aryl methyl sites for hydroxylation is 2. The van der Waals surface area contributed by atoms with Crippen LogP contribution in [0.3, 0.4) is 0 Å². The summed E-state index contributed by atoms with van der Waals surface area (Å²) in [5, 5.41) is 48.9. The number of unbranched alkanes of at least 4 members (excludes halogenated alkanes) is 2. The quantitative estimate of drug-likeness (QED) is 0.0329. The predicted molar refractivity (Wildman–Crippen MR) is 251 cm³/mol. The van der Waals surface area contributed by atoms with Gasteiger partial charge >= 0.3 is 11.9 Å². The van der Waals surface area contributed by atoms with Crippen LogP contribution < -0.4 is 0 Å². The molecule has 352 valence electrons. The minimum Gasteiger partial charge on any atom is -0.478 e. The number of hydrogen-bond acceptors (Lipinski definition) is 8. The number of halogens is 2. The molecule has 10 nitrogen and oxygen atoms in total. The van der Waals surface area contributed by atoms with Gasteiger partial charge in [0.2, 0.25) is 5.91 Å². The van der Waals surface area contributed by atoms with Gasteiger partial charge in [-0.3, -0.25) is 9.59 Å². The highest BCUT2D eigenvalue weighted by molar-refractivity contribution is 7.13. The molecule has 5 N–H and O–H groups in total. The number of aliphatic hydroxyl groups excluding tert-OH is 3. The number of carbonyl (C=O) groups excluding carboxylic acids is 2. The van der Waals surface area contributed by atoms with Crippen LogP contribution in [0, 0.1) is 30.6 Å². The van der Waals surface area contributed by atoms with Crippen molar-refractivity contribution in [2.45, 2.75) is 128 Å². The second-order valence-electron chi connectivity index (χ2n) is 17.5. The number of aliphatic hydroxyl groups is 3. The lowest BCUT2D eigenvalue weighted by Gasteiger charge is -2.25. The summed E-state index contributed by atoms with van der Waals surface area (Å²) in [6.07, 6.45) is 7.76. The molecule has 2 fully saturated rings. The zero-order valence-electron chi connectivity index (χ0n) is 37.6. The van der Waals surface area contributed by atoms with Crippen molar-refractivity contribution in [2.75, 3.05) is 6.54 Å². The molecule has 1 aliphatic heterocycles. The molecule has 0 unspecified atom stereocenters. The van der Waals surface area contributed by atoms with E-state index in [2.05, 4.69) is 43.0 Å². The van der Waals surface area contributed by atoms with Crippen molar-refractivity contribution in [3.63, 3.8) is 0 Å². The van der Waals surface area contributed by atoms with Crippen LogP contribution in [0.5, 0.6) is 0 Å². The number of nitrogens with zero attached hydrogens (tertiary/aromatic N) is 1. The number of ketones is 1. The highest BCUT2D eigenvalue weighted by Gasteiger charge is 2.40. The molecule has 1 aromatic heterocycles. The van der Waals surface area contributed by atoms with Crippen molar-refractivity contribution in [3.05, 3.63) is 129 Å². The molecule has 1 aliphatic carbocycles. The summed E-state index contributed by atoms with van der Waals surface area (Å²) in [6.45, 7) is 3.52. The molecule has 0 spiro atoms. The second-order valence-corrected chi connectivity index (χ2v) is 18.6. The number of benzene rings is 3. The lowest BCUT2D eigenvalue weighted by atomic mass is 9.89. The summed E-state index contributed by atoms with van der Waals surface area (Å²) in [6, 6.07) is 25.9. The highest BCUT2D eigenvalue weighted by Crippen LogP contribution is 2.33. The predicted octanol–water partition coefficient (Wildman–Crippen LogP) is 9.20. The van der Waals surface area contributed by atoms with Gasteiger partial charge in [0.05, 0.1) is 18.1 Å². The maximum Gasteiger partial charge on any atom is 0.345 e. The second kappa shape index (κ2) is 24.8. The van der Waals surface area contributed by atoms with E-state index in [1.54, 1.807) is 24.3 Å². The number of aliphatic carboxylic acids is 1. The minimum atomic E-state index is -2.91. The van der Waals surface area contributed by atoms with Gasteiger partial charge in [-0.15, -0.1) is 11.3 Å². The molecule has 2 aliphatic rings. The molecule has 3 aromatic carbocycles. The van der Waals surface area contributed by atoms with E-state index in [4.69, 9.17) is 10.2 Å². The van der Waals surface area contributed by atoms with E-state index in [1.165, 1.54) is 29.0 Å². The molecule has 2 heterocycles. The van der Waals surface area contributed by atoms with Gasteiger partial charge in [-0.05, 0) is 105 Å². The van der Waals surface area contributed by atoms with Crippen molar-refractivity contribution in [1.29, 1.82) is 0 Å². The number of carboxylic acids is 2. The van der Waals surface area contributed by atoms with Gasteiger partial charge in [-0.1, -0.05) is 96.6 Å². The van der Waals surface area contributed by atoms with E-state index >= 15 is 0 Å². The number of aromatic carboxylic acids is 1. The number of thiophene rings is 1. The SMILES string of the molecule is CC(F)(F)c1cccc(C[C@@H](O)CC[C@H]2CCC(=O)N2CCCc2ccc(C(=O)O)s2)c1.Cc1cccc(-c2cccc(C[C@H](O)C#C[C@H]3[C@H](O)CC(=O)[C@@H]3CCCC/C=C/C(=O)O)c2)c1. The Hall–Kier alpha value is -5.52.